The summed E-state index contributed by atoms with van der Waals surface area (Å²) >= 11 is 0. The van der Waals surface area contributed by atoms with E-state index in [9.17, 15) is 14.4 Å². The van der Waals surface area contributed by atoms with Gasteiger partial charge in [-0.3, -0.25) is 14.4 Å². The first-order valence-corrected chi connectivity index (χ1v) is 10.3. The molecular weight excluding hydrogens is 354 g/mol. The molecule has 150 valence electrons. The van der Waals surface area contributed by atoms with Crippen molar-refractivity contribution in [1.29, 1.82) is 0 Å². The average molecular weight is 383 g/mol. The topological polar surface area (TPSA) is 63.7 Å². The Bertz CT molecular complexity index is 809. The minimum absolute atomic E-state index is 0.142. The number of esters is 2. The SMILES string of the molecule is CC12CCC(C(=O)N3CCC(Cc4ccccc4)CC3)(C(=O)OC1=O)C2(C)C. The molecule has 0 N–H and O–H groups in total. The summed E-state index contributed by atoms with van der Waals surface area (Å²) in [6, 6.07) is 10.4. The van der Waals surface area contributed by atoms with Crippen molar-refractivity contribution in [1.82, 2.24) is 4.90 Å². The van der Waals surface area contributed by atoms with Crippen LogP contribution in [0.2, 0.25) is 0 Å². The van der Waals surface area contributed by atoms with Crippen LogP contribution in [0.15, 0.2) is 30.3 Å². The van der Waals surface area contributed by atoms with Crippen molar-refractivity contribution in [2.45, 2.75) is 52.9 Å². The molecule has 2 aliphatic heterocycles. The number of piperidine rings is 1. The zero-order valence-electron chi connectivity index (χ0n) is 17.0. The molecule has 3 aliphatic rings. The molecule has 2 bridgehead atoms. The second kappa shape index (κ2) is 6.43. The van der Waals surface area contributed by atoms with Gasteiger partial charge in [-0.2, -0.15) is 0 Å². The minimum Gasteiger partial charge on any atom is -0.392 e. The summed E-state index contributed by atoms with van der Waals surface area (Å²) in [7, 11) is 0. The number of benzene rings is 1. The molecule has 1 amide bonds. The predicted octanol–water partition coefficient (Wildman–Crippen LogP) is 3.36. The Labute approximate surface area is 166 Å². The third-order valence-electron chi connectivity index (χ3n) is 8.06. The maximum absolute atomic E-state index is 13.6. The summed E-state index contributed by atoms with van der Waals surface area (Å²) in [5.41, 5.74) is -1.44. The number of hydrogen-bond acceptors (Lipinski definition) is 4. The zero-order chi connectivity index (χ0) is 20.2. The van der Waals surface area contributed by atoms with Crippen LogP contribution in [-0.4, -0.2) is 35.8 Å². The van der Waals surface area contributed by atoms with Crippen LogP contribution in [-0.2, 0) is 25.5 Å². The van der Waals surface area contributed by atoms with E-state index in [1.165, 1.54) is 5.56 Å². The number of hydrogen-bond donors (Lipinski definition) is 0. The number of rotatable bonds is 3. The Morgan fingerprint density at radius 3 is 2.32 bits per heavy atom. The fourth-order valence-corrected chi connectivity index (χ4v) is 5.55. The van der Waals surface area contributed by atoms with E-state index in [2.05, 4.69) is 24.3 Å². The second-order valence-corrected chi connectivity index (χ2v) is 9.46. The minimum atomic E-state index is -1.23. The first kappa shape index (κ1) is 19.2. The van der Waals surface area contributed by atoms with Gasteiger partial charge in [0.05, 0.1) is 5.41 Å². The molecule has 2 atom stereocenters. The molecule has 0 spiro atoms. The maximum Gasteiger partial charge on any atom is 0.329 e. The molecular formula is C23H29NO4. The second-order valence-electron chi connectivity index (χ2n) is 9.46. The van der Waals surface area contributed by atoms with Gasteiger partial charge in [0.1, 0.15) is 0 Å². The van der Waals surface area contributed by atoms with Gasteiger partial charge in [0.2, 0.25) is 5.91 Å². The van der Waals surface area contributed by atoms with Crippen LogP contribution in [0.4, 0.5) is 0 Å². The van der Waals surface area contributed by atoms with E-state index in [1.807, 2.05) is 31.7 Å². The molecule has 2 saturated heterocycles. The lowest BCUT2D eigenvalue weighted by atomic mass is 9.56. The largest absolute Gasteiger partial charge is 0.392 e. The molecule has 1 aromatic carbocycles. The number of cyclic esters (lactones) is 2. The molecule has 4 rings (SSSR count). The lowest BCUT2D eigenvalue weighted by molar-refractivity contribution is -0.199. The molecule has 3 fully saturated rings. The van der Waals surface area contributed by atoms with Crippen LogP contribution in [0.3, 0.4) is 0 Å². The van der Waals surface area contributed by atoms with Crippen LogP contribution in [0, 0.1) is 22.2 Å². The summed E-state index contributed by atoms with van der Waals surface area (Å²) in [6.07, 6.45) is 3.80. The van der Waals surface area contributed by atoms with Gasteiger partial charge >= 0.3 is 11.9 Å². The van der Waals surface area contributed by atoms with Crippen molar-refractivity contribution >= 4 is 17.8 Å². The highest BCUT2D eigenvalue weighted by Crippen LogP contribution is 2.66. The third kappa shape index (κ3) is 2.48. The van der Waals surface area contributed by atoms with Gasteiger partial charge in [0, 0.05) is 18.5 Å². The Kier molecular flexibility index (Phi) is 4.40. The maximum atomic E-state index is 13.6. The van der Waals surface area contributed by atoms with E-state index >= 15 is 0 Å². The number of ether oxygens (including phenoxy) is 1. The molecule has 28 heavy (non-hydrogen) atoms. The normalized spacial score (nSPS) is 32.3. The van der Waals surface area contributed by atoms with Gasteiger partial charge in [0.15, 0.2) is 5.41 Å². The third-order valence-corrected chi connectivity index (χ3v) is 8.06. The van der Waals surface area contributed by atoms with Gasteiger partial charge in [0.25, 0.3) is 0 Å². The predicted molar refractivity (Wildman–Crippen MR) is 104 cm³/mol. The van der Waals surface area contributed by atoms with Gasteiger partial charge < -0.3 is 9.64 Å². The lowest BCUT2D eigenvalue weighted by Gasteiger charge is -2.50. The van der Waals surface area contributed by atoms with Gasteiger partial charge in [-0.1, -0.05) is 44.2 Å². The quantitative estimate of drug-likeness (QED) is 0.593. The van der Waals surface area contributed by atoms with E-state index in [0.29, 0.717) is 31.8 Å². The van der Waals surface area contributed by atoms with Gasteiger partial charge in [-0.15, -0.1) is 0 Å². The molecule has 5 nitrogen and oxygen atoms in total. The number of fused-ring (bicyclic) bond motifs is 2. The highest BCUT2D eigenvalue weighted by molar-refractivity contribution is 6.11. The zero-order valence-corrected chi connectivity index (χ0v) is 17.0. The molecule has 1 aliphatic carbocycles. The molecule has 5 heteroatoms. The number of amides is 1. The van der Waals surface area contributed by atoms with E-state index in [0.717, 1.165) is 19.3 Å². The molecule has 1 aromatic rings. The average Bonchev–Trinajstić information content (AvgIpc) is 2.83. The van der Waals surface area contributed by atoms with Crippen LogP contribution >= 0.6 is 0 Å². The van der Waals surface area contributed by atoms with Gasteiger partial charge in [-0.05, 0) is 50.5 Å². The number of carbonyl (C=O) groups is 3. The van der Waals surface area contributed by atoms with Gasteiger partial charge in [-0.25, -0.2) is 0 Å². The van der Waals surface area contributed by atoms with Crippen molar-refractivity contribution in [3.05, 3.63) is 35.9 Å². The number of carbonyl (C=O) groups excluding carboxylic acids is 3. The van der Waals surface area contributed by atoms with E-state index in [-0.39, 0.29) is 5.91 Å². The molecule has 0 aromatic heterocycles. The van der Waals surface area contributed by atoms with E-state index in [1.54, 1.807) is 0 Å². The smallest absolute Gasteiger partial charge is 0.329 e. The first-order chi connectivity index (χ1) is 13.2. The monoisotopic (exact) mass is 383 g/mol. The summed E-state index contributed by atoms with van der Waals surface area (Å²) in [4.78, 5) is 40.7. The summed E-state index contributed by atoms with van der Waals surface area (Å²) in [5, 5.41) is 0. The summed E-state index contributed by atoms with van der Waals surface area (Å²) in [6.45, 7) is 6.93. The molecule has 2 unspecified atom stereocenters. The van der Waals surface area contributed by atoms with E-state index in [4.69, 9.17) is 4.74 Å². The van der Waals surface area contributed by atoms with Crippen molar-refractivity contribution in [2.75, 3.05) is 13.1 Å². The number of nitrogens with zero attached hydrogens (tertiary/aromatic N) is 1. The van der Waals surface area contributed by atoms with Crippen molar-refractivity contribution in [2.24, 2.45) is 22.2 Å². The fraction of sp³-hybridized carbons (Fsp3) is 0.609. The lowest BCUT2D eigenvalue weighted by Crippen LogP contribution is -2.63. The Hall–Kier alpha value is -2.17. The summed E-state index contributed by atoms with van der Waals surface area (Å²) < 4.78 is 5.10. The van der Waals surface area contributed by atoms with Crippen LogP contribution < -0.4 is 0 Å². The molecule has 0 radical (unpaired) electrons. The van der Waals surface area contributed by atoms with E-state index < -0.39 is 28.2 Å². The van der Waals surface area contributed by atoms with Crippen molar-refractivity contribution in [3.8, 4) is 0 Å². The van der Waals surface area contributed by atoms with Crippen molar-refractivity contribution < 1.29 is 19.1 Å². The van der Waals surface area contributed by atoms with Crippen LogP contribution in [0.25, 0.3) is 0 Å². The first-order valence-electron chi connectivity index (χ1n) is 10.3. The van der Waals surface area contributed by atoms with Crippen LogP contribution in [0.5, 0.6) is 0 Å². The molecule has 1 saturated carbocycles. The standard InChI is InChI=1S/C23H29NO4/c1-21(2)22(3)11-12-23(21,20(27)28-19(22)26)18(25)24-13-9-17(10-14-24)15-16-7-5-4-6-8-16/h4-8,17H,9-15H2,1-3H3. The number of likely N-dealkylation sites (tertiary alicyclic amines) is 1. The molecule has 2 heterocycles. The Morgan fingerprint density at radius 1 is 1.04 bits per heavy atom. The Balaban J connectivity index is 1.49. The highest BCUT2D eigenvalue weighted by atomic mass is 16.6. The van der Waals surface area contributed by atoms with Crippen molar-refractivity contribution in [3.63, 3.8) is 0 Å². The fourth-order valence-electron chi connectivity index (χ4n) is 5.55. The highest BCUT2D eigenvalue weighted by Gasteiger charge is 2.75. The summed E-state index contributed by atoms with van der Waals surface area (Å²) in [5.74, 6) is -0.721. The Morgan fingerprint density at radius 2 is 1.68 bits per heavy atom. The van der Waals surface area contributed by atoms with Crippen LogP contribution in [0.1, 0.15) is 52.0 Å².